The van der Waals surface area contributed by atoms with Crippen molar-refractivity contribution in [2.45, 2.75) is 23.6 Å². The molecular weight excluding hydrogens is 396 g/mol. The number of nitrogens with two attached hydrogens (primary N) is 1. The van der Waals surface area contributed by atoms with Crippen molar-refractivity contribution in [3.63, 3.8) is 0 Å². The number of carbonyl (C=O) groups is 2. The Morgan fingerprint density at radius 2 is 1.89 bits per heavy atom. The number of alkyl halides is 1. The van der Waals surface area contributed by atoms with Crippen molar-refractivity contribution in [1.82, 2.24) is 0 Å². The zero-order chi connectivity index (χ0) is 20.2. The Bertz CT molecular complexity index is 961. The fourth-order valence-electron chi connectivity index (χ4n) is 2.20. The molecule has 2 aromatic carbocycles. The van der Waals surface area contributed by atoms with Crippen LogP contribution < -0.4 is 15.2 Å². The van der Waals surface area contributed by atoms with Crippen molar-refractivity contribution in [2.24, 2.45) is 5.14 Å². The fraction of sp³-hybridized carbons (Fsp3) is 0.176. The lowest BCUT2D eigenvalue weighted by Gasteiger charge is -2.17. The number of sulfonamides is 1. The average molecular weight is 413 g/mol. The van der Waals surface area contributed by atoms with Crippen molar-refractivity contribution < 1.29 is 27.9 Å². The van der Waals surface area contributed by atoms with Gasteiger partial charge >= 0.3 is 5.97 Å². The standard InChI is InChI=1S/C17H17ClN2O6S/c1-10(18)7-15(21)20-13-8-11(17(22)23)9-14(27(19,24)25)16(13)26-12-5-3-2-4-6-12/h2-6,8-10H,7H2,1H3,(H,20,21)(H,22,23)(H2,19,24,25). The van der Waals surface area contributed by atoms with Crippen LogP contribution in [0.2, 0.25) is 0 Å². The number of anilines is 1. The van der Waals surface area contributed by atoms with E-state index in [1.54, 1.807) is 37.3 Å². The average Bonchev–Trinajstić information content (AvgIpc) is 2.55. The number of carboxylic acids is 1. The van der Waals surface area contributed by atoms with E-state index in [0.717, 1.165) is 12.1 Å². The van der Waals surface area contributed by atoms with E-state index < -0.39 is 32.2 Å². The maximum absolute atomic E-state index is 12.1. The summed E-state index contributed by atoms with van der Waals surface area (Å²) < 4.78 is 29.6. The minimum absolute atomic E-state index is 0.0751. The van der Waals surface area contributed by atoms with Gasteiger partial charge in [-0.05, 0) is 31.2 Å². The number of rotatable bonds is 7. The lowest BCUT2D eigenvalue weighted by atomic mass is 10.1. The monoisotopic (exact) mass is 412 g/mol. The number of hydrogen-bond acceptors (Lipinski definition) is 5. The van der Waals surface area contributed by atoms with Crippen LogP contribution in [0.15, 0.2) is 47.4 Å². The van der Waals surface area contributed by atoms with Crippen molar-refractivity contribution in [3.05, 3.63) is 48.0 Å². The van der Waals surface area contributed by atoms with E-state index in [2.05, 4.69) is 5.32 Å². The highest BCUT2D eigenvalue weighted by Gasteiger charge is 2.24. The SMILES string of the molecule is CC(Cl)CC(=O)Nc1cc(C(=O)O)cc(S(N)(=O)=O)c1Oc1ccccc1. The van der Waals surface area contributed by atoms with Crippen LogP contribution in [-0.2, 0) is 14.8 Å². The topological polar surface area (TPSA) is 136 Å². The lowest BCUT2D eigenvalue weighted by molar-refractivity contribution is -0.116. The predicted octanol–water partition coefficient (Wildman–Crippen LogP) is 2.78. The number of carboxylic acid groups (broad SMARTS) is 1. The van der Waals surface area contributed by atoms with Gasteiger partial charge in [-0.3, -0.25) is 4.79 Å². The highest BCUT2D eigenvalue weighted by atomic mass is 35.5. The number of primary sulfonamides is 1. The molecule has 8 nitrogen and oxygen atoms in total. The molecule has 2 rings (SSSR count). The van der Waals surface area contributed by atoms with Gasteiger partial charge in [0.1, 0.15) is 10.6 Å². The minimum Gasteiger partial charge on any atom is -0.478 e. The summed E-state index contributed by atoms with van der Waals surface area (Å²) >= 11 is 5.79. The smallest absolute Gasteiger partial charge is 0.335 e. The van der Waals surface area contributed by atoms with Gasteiger partial charge in [0.05, 0.1) is 11.3 Å². The maximum Gasteiger partial charge on any atom is 0.335 e. The maximum atomic E-state index is 12.1. The zero-order valence-corrected chi connectivity index (χ0v) is 15.8. The van der Waals surface area contributed by atoms with Crippen molar-refractivity contribution >= 4 is 39.2 Å². The Balaban J connectivity index is 2.63. The molecule has 0 aliphatic carbocycles. The molecule has 0 saturated heterocycles. The molecule has 0 spiro atoms. The number of ether oxygens (including phenoxy) is 1. The molecule has 144 valence electrons. The van der Waals surface area contributed by atoms with Crippen molar-refractivity contribution in [1.29, 1.82) is 0 Å². The Hall–Kier alpha value is -2.62. The molecule has 0 heterocycles. The third-order valence-electron chi connectivity index (χ3n) is 3.31. The van der Waals surface area contributed by atoms with E-state index >= 15 is 0 Å². The summed E-state index contributed by atoms with van der Waals surface area (Å²) in [5.41, 5.74) is -0.529. The van der Waals surface area contributed by atoms with Gasteiger partial charge in [-0.1, -0.05) is 18.2 Å². The summed E-state index contributed by atoms with van der Waals surface area (Å²) in [4.78, 5) is 22.9. The summed E-state index contributed by atoms with van der Waals surface area (Å²) in [5.74, 6) is -1.96. The van der Waals surface area contributed by atoms with Gasteiger partial charge in [0, 0.05) is 11.8 Å². The number of para-hydroxylation sites is 1. The first-order valence-corrected chi connectivity index (χ1v) is 9.67. The van der Waals surface area contributed by atoms with Crippen LogP contribution in [0, 0.1) is 0 Å². The Labute approximate surface area is 160 Å². The first-order chi connectivity index (χ1) is 12.6. The summed E-state index contributed by atoms with van der Waals surface area (Å²) in [6.45, 7) is 1.60. The third kappa shape index (κ3) is 5.68. The van der Waals surface area contributed by atoms with Crippen LogP contribution in [0.3, 0.4) is 0 Å². The molecule has 0 aliphatic heterocycles. The Morgan fingerprint density at radius 1 is 1.26 bits per heavy atom. The molecule has 1 unspecified atom stereocenters. The third-order valence-corrected chi connectivity index (χ3v) is 4.38. The van der Waals surface area contributed by atoms with Crippen LogP contribution in [0.25, 0.3) is 0 Å². The first-order valence-electron chi connectivity index (χ1n) is 7.69. The van der Waals surface area contributed by atoms with Gasteiger partial charge in [0.25, 0.3) is 0 Å². The molecule has 0 radical (unpaired) electrons. The number of halogens is 1. The van der Waals surface area contributed by atoms with E-state index in [0.29, 0.717) is 0 Å². The van der Waals surface area contributed by atoms with Crippen molar-refractivity contribution in [2.75, 3.05) is 5.32 Å². The fourth-order valence-corrected chi connectivity index (χ4v) is 3.04. The van der Waals surface area contributed by atoms with Gasteiger partial charge in [0.15, 0.2) is 5.75 Å². The molecule has 4 N–H and O–H groups in total. The largest absolute Gasteiger partial charge is 0.478 e. The van der Waals surface area contributed by atoms with Crippen LogP contribution in [0.1, 0.15) is 23.7 Å². The molecule has 1 amide bonds. The second kappa shape index (κ2) is 8.38. The minimum atomic E-state index is -4.36. The van der Waals surface area contributed by atoms with Gasteiger partial charge in [-0.25, -0.2) is 18.4 Å². The quantitative estimate of drug-likeness (QED) is 0.598. The molecule has 0 aromatic heterocycles. The molecule has 27 heavy (non-hydrogen) atoms. The number of benzene rings is 2. The number of hydrogen-bond donors (Lipinski definition) is 3. The molecule has 2 aromatic rings. The van der Waals surface area contributed by atoms with Crippen LogP contribution >= 0.6 is 11.6 Å². The summed E-state index contributed by atoms with van der Waals surface area (Å²) in [5, 5.41) is 16.4. The number of carbonyl (C=O) groups excluding carboxylic acids is 1. The van der Waals surface area contributed by atoms with Crippen LogP contribution in [0.4, 0.5) is 5.69 Å². The van der Waals surface area contributed by atoms with E-state index in [-0.39, 0.29) is 29.2 Å². The van der Waals surface area contributed by atoms with Gasteiger partial charge in [0.2, 0.25) is 15.9 Å². The van der Waals surface area contributed by atoms with E-state index in [1.807, 2.05) is 0 Å². The second-order valence-electron chi connectivity index (χ2n) is 5.65. The molecule has 0 bridgehead atoms. The van der Waals surface area contributed by atoms with E-state index in [4.69, 9.17) is 21.5 Å². The lowest BCUT2D eigenvalue weighted by Crippen LogP contribution is -2.19. The van der Waals surface area contributed by atoms with Gasteiger partial charge < -0.3 is 15.2 Å². The predicted molar refractivity (Wildman–Crippen MR) is 99.9 cm³/mol. The van der Waals surface area contributed by atoms with Gasteiger partial charge in [-0.15, -0.1) is 11.6 Å². The van der Waals surface area contributed by atoms with E-state index in [1.165, 1.54) is 0 Å². The molecule has 1 atom stereocenters. The van der Waals surface area contributed by atoms with Crippen LogP contribution in [0.5, 0.6) is 11.5 Å². The number of aromatic carboxylic acids is 1. The highest BCUT2D eigenvalue weighted by Crippen LogP contribution is 2.37. The van der Waals surface area contributed by atoms with Crippen molar-refractivity contribution in [3.8, 4) is 11.5 Å². The normalized spacial score (nSPS) is 12.3. The van der Waals surface area contributed by atoms with Gasteiger partial charge in [-0.2, -0.15) is 0 Å². The molecule has 0 fully saturated rings. The molecular formula is C17H17ClN2O6S. The Morgan fingerprint density at radius 3 is 2.41 bits per heavy atom. The number of amides is 1. The summed E-state index contributed by atoms with van der Waals surface area (Å²) in [6.07, 6.45) is -0.0751. The van der Waals surface area contributed by atoms with E-state index in [9.17, 15) is 23.1 Å². The highest BCUT2D eigenvalue weighted by molar-refractivity contribution is 7.89. The molecule has 0 saturated carbocycles. The number of nitrogens with one attached hydrogen (secondary N) is 1. The molecule has 10 heteroatoms. The Kier molecular flexibility index (Phi) is 6.42. The summed E-state index contributed by atoms with van der Waals surface area (Å²) in [6, 6.07) is 10.1. The van der Waals surface area contributed by atoms with Crippen LogP contribution in [-0.4, -0.2) is 30.8 Å². The zero-order valence-electron chi connectivity index (χ0n) is 14.2. The first kappa shape index (κ1) is 20.7. The summed E-state index contributed by atoms with van der Waals surface area (Å²) in [7, 11) is -4.36. The second-order valence-corrected chi connectivity index (χ2v) is 7.92. The molecule has 0 aliphatic rings.